The van der Waals surface area contributed by atoms with Crippen LogP contribution in [0, 0.1) is 17.0 Å². The molecule has 3 aromatic rings. The van der Waals surface area contributed by atoms with Crippen molar-refractivity contribution in [1.82, 2.24) is 4.72 Å². The fraction of sp³-hybridized carbons (Fsp3) is 0.222. The second-order valence-corrected chi connectivity index (χ2v) is 7.13. The molecular formula is C18H19BN2O5S. The molecular weight excluding hydrogens is 367 g/mol. The lowest BCUT2D eigenvalue weighted by Crippen LogP contribution is -2.42. The zero-order valence-corrected chi connectivity index (χ0v) is 15.5. The molecule has 140 valence electrons. The van der Waals surface area contributed by atoms with Crippen molar-refractivity contribution in [1.29, 1.82) is 0 Å². The Labute approximate surface area is 160 Å². The lowest BCUT2D eigenvalue weighted by molar-refractivity contribution is -0.384. The summed E-state index contributed by atoms with van der Waals surface area (Å²) in [6, 6.07) is 12.5. The number of non-ortho nitro benzene ring substituents is 1. The maximum Gasteiger partial charge on any atom is 0.470 e. The smallest absolute Gasteiger partial charge is 0.464 e. The number of nitrogens with one attached hydrogen (secondary N) is 1. The summed E-state index contributed by atoms with van der Waals surface area (Å²) < 4.78 is 8.53. The van der Waals surface area contributed by atoms with E-state index < -0.39 is 18.0 Å². The molecule has 0 spiro atoms. The number of benzene rings is 2. The number of nitro benzene ring substituents is 1. The largest absolute Gasteiger partial charge is 0.470 e. The highest BCUT2D eigenvalue weighted by Gasteiger charge is 2.25. The summed E-state index contributed by atoms with van der Waals surface area (Å²) in [5.41, 5.74) is 3.28. The molecule has 0 aliphatic carbocycles. The molecule has 0 radical (unpaired) electrons. The third kappa shape index (κ3) is 4.89. The van der Waals surface area contributed by atoms with Crippen molar-refractivity contribution in [2.75, 3.05) is 0 Å². The average molecular weight is 386 g/mol. The molecule has 3 N–H and O–H groups in total. The fourth-order valence-corrected chi connectivity index (χ4v) is 3.73. The summed E-state index contributed by atoms with van der Waals surface area (Å²) in [7, 11) is -1.56. The molecule has 1 atom stereocenters. The Morgan fingerprint density at radius 2 is 2.07 bits per heavy atom. The van der Waals surface area contributed by atoms with Gasteiger partial charge in [-0.2, -0.15) is 0 Å². The fourth-order valence-electron chi connectivity index (χ4n) is 2.90. The molecule has 0 aliphatic rings. The Morgan fingerprint density at radius 1 is 1.30 bits per heavy atom. The normalized spacial score (nSPS) is 12.3. The standard InChI is InChI=1S/C18H19BN2O5S/c1-12-6-13(8-15(7-12)21(24)25)11-27-20-18(19(22)23)9-14-10-26-17-5-3-2-4-16(14)17/h2-8,10,18,20,22-23H,9,11H2,1H3. The van der Waals surface area contributed by atoms with Crippen molar-refractivity contribution < 1.29 is 19.4 Å². The number of fused-ring (bicyclic) bond motifs is 1. The van der Waals surface area contributed by atoms with Gasteiger partial charge >= 0.3 is 7.12 Å². The quantitative estimate of drug-likeness (QED) is 0.236. The van der Waals surface area contributed by atoms with Gasteiger partial charge in [0.05, 0.1) is 17.1 Å². The van der Waals surface area contributed by atoms with Crippen molar-refractivity contribution in [3.63, 3.8) is 0 Å². The van der Waals surface area contributed by atoms with Gasteiger partial charge in [0, 0.05) is 23.3 Å². The SMILES string of the molecule is Cc1cc(CSNC(Cc2coc3ccccc23)B(O)O)cc([N+](=O)[O-])c1. The van der Waals surface area contributed by atoms with Crippen LogP contribution in [0.4, 0.5) is 5.69 Å². The minimum Gasteiger partial charge on any atom is -0.464 e. The Morgan fingerprint density at radius 3 is 2.81 bits per heavy atom. The van der Waals surface area contributed by atoms with Crippen LogP contribution in [0.5, 0.6) is 0 Å². The van der Waals surface area contributed by atoms with Crippen LogP contribution < -0.4 is 4.72 Å². The van der Waals surface area contributed by atoms with E-state index in [2.05, 4.69) is 4.72 Å². The lowest BCUT2D eigenvalue weighted by Gasteiger charge is -2.16. The van der Waals surface area contributed by atoms with Gasteiger partial charge in [-0.3, -0.25) is 14.8 Å². The van der Waals surface area contributed by atoms with Crippen LogP contribution >= 0.6 is 11.9 Å². The van der Waals surface area contributed by atoms with Crippen LogP contribution in [-0.4, -0.2) is 28.0 Å². The molecule has 1 heterocycles. The highest BCUT2D eigenvalue weighted by molar-refractivity contribution is 7.96. The van der Waals surface area contributed by atoms with Crippen LogP contribution in [0.2, 0.25) is 0 Å². The minimum absolute atomic E-state index is 0.0502. The molecule has 0 amide bonds. The third-order valence-electron chi connectivity index (χ3n) is 4.17. The predicted octanol–water partition coefficient (Wildman–Crippen LogP) is 3.01. The topological polar surface area (TPSA) is 109 Å². The summed E-state index contributed by atoms with van der Waals surface area (Å²) >= 11 is 1.28. The van der Waals surface area contributed by atoms with E-state index in [4.69, 9.17) is 4.42 Å². The highest BCUT2D eigenvalue weighted by Crippen LogP contribution is 2.23. The maximum absolute atomic E-state index is 11.0. The zero-order valence-electron chi connectivity index (χ0n) is 14.7. The van der Waals surface area contributed by atoms with E-state index in [0.717, 1.165) is 27.7 Å². The van der Waals surface area contributed by atoms with Crippen molar-refractivity contribution in [2.45, 2.75) is 25.0 Å². The predicted molar refractivity (Wildman–Crippen MR) is 106 cm³/mol. The average Bonchev–Trinajstić information content (AvgIpc) is 3.03. The van der Waals surface area contributed by atoms with Crippen molar-refractivity contribution in [3.8, 4) is 0 Å². The van der Waals surface area contributed by atoms with Crippen LogP contribution in [0.15, 0.2) is 53.1 Å². The van der Waals surface area contributed by atoms with E-state index in [0.29, 0.717) is 12.2 Å². The molecule has 0 bridgehead atoms. The number of para-hydroxylation sites is 1. The lowest BCUT2D eigenvalue weighted by atomic mass is 9.77. The third-order valence-corrected chi connectivity index (χ3v) is 5.11. The monoisotopic (exact) mass is 386 g/mol. The van der Waals surface area contributed by atoms with Crippen molar-refractivity contribution in [3.05, 3.63) is 75.5 Å². The highest BCUT2D eigenvalue weighted by atomic mass is 32.2. The van der Waals surface area contributed by atoms with Gasteiger partial charge in [0.15, 0.2) is 0 Å². The Hall–Kier alpha value is -2.33. The molecule has 3 rings (SSSR count). The molecule has 1 unspecified atom stereocenters. The first kappa shape index (κ1) is 19.4. The minimum atomic E-state index is -1.56. The maximum atomic E-state index is 11.0. The summed E-state index contributed by atoms with van der Waals surface area (Å²) in [5.74, 6) is -0.159. The molecule has 1 aromatic heterocycles. The van der Waals surface area contributed by atoms with E-state index in [-0.39, 0.29) is 5.69 Å². The van der Waals surface area contributed by atoms with E-state index >= 15 is 0 Å². The molecule has 0 saturated carbocycles. The molecule has 0 fully saturated rings. The molecule has 2 aromatic carbocycles. The molecule has 0 aliphatic heterocycles. The van der Waals surface area contributed by atoms with Gasteiger partial charge in [0.25, 0.3) is 5.69 Å². The van der Waals surface area contributed by atoms with Gasteiger partial charge in [-0.25, -0.2) is 0 Å². The summed E-state index contributed by atoms with van der Waals surface area (Å²) in [4.78, 5) is 10.6. The van der Waals surface area contributed by atoms with Gasteiger partial charge < -0.3 is 14.5 Å². The summed E-state index contributed by atoms with van der Waals surface area (Å²) in [6.07, 6.45) is 1.99. The Balaban J connectivity index is 1.65. The molecule has 27 heavy (non-hydrogen) atoms. The van der Waals surface area contributed by atoms with Crippen LogP contribution in [0.1, 0.15) is 16.7 Å². The van der Waals surface area contributed by atoms with Gasteiger partial charge in [0.1, 0.15) is 5.58 Å². The van der Waals surface area contributed by atoms with E-state index in [1.165, 1.54) is 24.1 Å². The molecule has 0 saturated heterocycles. The summed E-state index contributed by atoms with van der Waals surface area (Å²) in [6.45, 7) is 1.80. The van der Waals surface area contributed by atoms with Crippen LogP contribution in [0.25, 0.3) is 11.0 Å². The summed E-state index contributed by atoms with van der Waals surface area (Å²) in [5, 5.41) is 31.3. The number of nitro groups is 1. The van der Waals surface area contributed by atoms with Crippen molar-refractivity contribution in [2.24, 2.45) is 0 Å². The van der Waals surface area contributed by atoms with E-state index in [1.54, 1.807) is 13.2 Å². The van der Waals surface area contributed by atoms with Crippen molar-refractivity contribution >= 4 is 35.7 Å². The number of rotatable bonds is 8. The first-order valence-electron chi connectivity index (χ1n) is 8.37. The van der Waals surface area contributed by atoms with Gasteiger partial charge in [-0.15, -0.1) is 0 Å². The number of furan rings is 1. The van der Waals surface area contributed by atoms with Gasteiger partial charge in [0.2, 0.25) is 0 Å². The van der Waals surface area contributed by atoms with E-state index in [9.17, 15) is 20.2 Å². The number of nitrogens with zero attached hydrogens (tertiary/aromatic N) is 1. The Kier molecular flexibility index (Phi) is 6.17. The van der Waals surface area contributed by atoms with Crippen LogP contribution in [-0.2, 0) is 12.2 Å². The van der Waals surface area contributed by atoms with E-state index in [1.807, 2.05) is 30.3 Å². The first-order chi connectivity index (χ1) is 12.9. The first-order valence-corrected chi connectivity index (χ1v) is 9.36. The number of aryl methyl sites for hydroxylation is 1. The van der Waals surface area contributed by atoms with Crippen LogP contribution in [0.3, 0.4) is 0 Å². The molecule has 7 nitrogen and oxygen atoms in total. The van der Waals surface area contributed by atoms with Gasteiger partial charge in [-0.1, -0.05) is 36.2 Å². The zero-order chi connectivity index (χ0) is 19.4. The molecule has 9 heteroatoms. The number of hydrogen-bond donors (Lipinski definition) is 3. The Bertz CT molecular complexity index is 946. The second-order valence-electron chi connectivity index (χ2n) is 6.32. The second kappa shape index (κ2) is 8.58. The number of hydrogen-bond acceptors (Lipinski definition) is 7. The van der Waals surface area contributed by atoms with Gasteiger partial charge in [-0.05, 0) is 36.1 Å².